The van der Waals surface area contributed by atoms with E-state index in [0.717, 1.165) is 28.0 Å². The maximum atomic E-state index is 13.3. The molecule has 2 aromatic carbocycles. The average molecular weight is 519 g/mol. The van der Waals surface area contributed by atoms with Crippen LogP contribution in [0.3, 0.4) is 0 Å². The van der Waals surface area contributed by atoms with E-state index in [4.69, 9.17) is 16.3 Å². The number of carbonyl (C=O) groups is 2. The molecule has 0 saturated carbocycles. The summed E-state index contributed by atoms with van der Waals surface area (Å²) in [4.78, 5) is 24.8. The van der Waals surface area contributed by atoms with Gasteiger partial charge in [0, 0.05) is 18.1 Å². The van der Waals surface area contributed by atoms with Crippen LogP contribution < -0.4 is 5.32 Å². The average Bonchev–Trinajstić information content (AvgIpc) is 3.38. The van der Waals surface area contributed by atoms with Crippen molar-refractivity contribution in [3.63, 3.8) is 0 Å². The molecule has 0 aliphatic carbocycles. The van der Waals surface area contributed by atoms with Gasteiger partial charge in [0.05, 0.1) is 12.5 Å². The van der Waals surface area contributed by atoms with Crippen LogP contribution in [-0.2, 0) is 37.3 Å². The second-order valence-electron chi connectivity index (χ2n) is 7.75. The van der Waals surface area contributed by atoms with Gasteiger partial charge in [-0.15, -0.1) is 11.3 Å². The highest BCUT2D eigenvalue weighted by atomic mass is 35.5. The molecule has 1 aromatic heterocycles. The summed E-state index contributed by atoms with van der Waals surface area (Å²) in [5.74, 6) is -1.12. The summed E-state index contributed by atoms with van der Waals surface area (Å²) in [5.41, 5.74) is 2.52. The van der Waals surface area contributed by atoms with E-state index in [9.17, 15) is 18.0 Å². The zero-order chi connectivity index (χ0) is 24.1. The molecule has 0 saturated heterocycles. The summed E-state index contributed by atoms with van der Waals surface area (Å²) in [6, 6.07) is 17.1. The van der Waals surface area contributed by atoms with Crippen LogP contribution in [0.4, 0.5) is 0 Å². The number of benzene rings is 2. The lowest BCUT2D eigenvalue weighted by atomic mass is 9.92. The minimum Gasteiger partial charge on any atom is -0.456 e. The van der Waals surface area contributed by atoms with Gasteiger partial charge in [-0.1, -0.05) is 60.1 Å². The summed E-state index contributed by atoms with van der Waals surface area (Å²) in [7, 11) is -3.78. The fraction of sp³-hybridized carbons (Fsp3) is 0.250. The lowest BCUT2D eigenvalue weighted by Gasteiger charge is -2.35. The van der Waals surface area contributed by atoms with Gasteiger partial charge < -0.3 is 10.1 Å². The standard InChI is InChI=1S/C24H23ClN2O5S2/c25-20-9-4-2-7-18(20)15-26-22(28)16-32-23(29)14-21-19-8-3-1-6-17(19)11-12-27(21)34(30,31)24-10-5-13-33-24/h1-10,13,21H,11-12,14-16H2,(H,26,28). The van der Waals surface area contributed by atoms with Crippen molar-refractivity contribution in [2.24, 2.45) is 0 Å². The number of fused-ring (bicyclic) bond motifs is 1. The van der Waals surface area contributed by atoms with Crippen LogP contribution in [-0.4, -0.2) is 37.8 Å². The lowest BCUT2D eigenvalue weighted by molar-refractivity contribution is -0.149. The number of amides is 1. The molecule has 0 spiro atoms. The summed E-state index contributed by atoms with van der Waals surface area (Å²) in [5, 5.41) is 4.89. The van der Waals surface area contributed by atoms with E-state index in [1.165, 1.54) is 4.31 Å². The summed E-state index contributed by atoms with van der Waals surface area (Å²) < 4.78 is 33.3. The summed E-state index contributed by atoms with van der Waals surface area (Å²) in [6.45, 7) is 0.00172. The predicted octanol–water partition coefficient (Wildman–Crippen LogP) is 3.94. The normalized spacial score (nSPS) is 16.0. The third-order valence-electron chi connectivity index (χ3n) is 5.58. The second kappa shape index (κ2) is 10.7. The van der Waals surface area contributed by atoms with E-state index in [0.29, 0.717) is 11.4 Å². The highest BCUT2D eigenvalue weighted by Crippen LogP contribution is 2.37. The van der Waals surface area contributed by atoms with Crippen LogP contribution in [0.25, 0.3) is 0 Å². The van der Waals surface area contributed by atoms with Gasteiger partial charge in [0.2, 0.25) is 0 Å². The van der Waals surface area contributed by atoms with Crippen molar-refractivity contribution in [3.05, 3.63) is 87.8 Å². The van der Waals surface area contributed by atoms with Crippen molar-refractivity contribution in [3.8, 4) is 0 Å². The number of carbonyl (C=O) groups excluding carboxylic acids is 2. The Kier molecular flexibility index (Phi) is 7.67. The number of rotatable bonds is 8. The van der Waals surface area contributed by atoms with Crippen molar-refractivity contribution in [1.29, 1.82) is 0 Å². The molecule has 1 aliphatic heterocycles. The van der Waals surface area contributed by atoms with Crippen LogP contribution in [0, 0.1) is 0 Å². The molecule has 1 amide bonds. The first-order valence-electron chi connectivity index (χ1n) is 10.6. The number of hydrogen-bond acceptors (Lipinski definition) is 6. The molecule has 7 nitrogen and oxygen atoms in total. The Balaban J connectivity index is 1.42. The van der Waals surface area contributed by atoms with E-state index in [2.05, 4.69) is 5.32 Å². The van der Waals surface area contributed by atoms with Gasteiger partial charge in [0.15, 0.2) is 6.61 Å². The van der Waals surface area contributed by atoms with Crippen molar-refractivity contribution in [2.75, 3.05) is 13.2 Å². The SMILES string of the molecule is O=C(COC(=O)CC1c2ccccc2CCN1S(=O)(=O)c1cccs1)NCc1ccccc1Cl. The largest absolute Gasteiger partial charge is 0.456 e. The fourth-order valence-electron chi connectivity index (χ4n) is 3.90. The highest BCUT2D eigenvalue weighted by Gasteiger charge is 2.38. The molecular formula is C24H23ClN2O5S2. The number of nitrogens with zero attached hydrogens (tertiary/aromatic N) is 1. The number of sulfonamides is 1. The van der Waals surface area contributed by atoms with Crippen molar-refractivity contribution in [1.82, 2.24) is 9.62 Å². The van der Waals surface area contributed by atoms with Crippen LogP contribution >= 0.6 is 22.9 Å². The predicted molar refractivity (Wildman–Crippen MR) is 130 cm³/mol. The molecular weight excluding hydrogens is 496 g/mol. The fourth-order valence-corrected chi connectivity index (χ4v) is 6.83. The van der Waals surface area contributed by atoms with Gasteiger partial charge in [-0.3, -0.25) is 9.59 Å². The molecule has 10 heteroatoms. The van der Waals surface area contributed by atoms with E-state index in [1.54, 1.807) is 35.7 Å². The zero-order valence-corrected chi connectivity index (χ0v) is 20.5. The van der Waals surface area contributed by atoms with E-state index in [1.807, 2.05) is 30.3 Å². The summed E-state index contributed by atoms with van der Waals surface area (Å²) >= 11 is 7.22. The van der Waals surface area contributed by atoms with Gasteiger partial charge in [0.1, 0.15) is 4.21 Å². The Bertz CT molecular complexity index is 1280. The van der Waals surface area contributed by atoms with Gasteiger partial charge in [-0.25, -0.2) is 8.42 Å². The van der Waals surface area contributed by atoms with Crippen LogP contribution in [0.15, 0.2) is 70.3 Å². The first kappa shape index (κ1) is 24.4. The van der Waals surface area contributed by atoms with Crippen molar-refractivity contribution >= 4 is 44.8 Å². The molecule has 0 bridgehead atoms. The molecule has 3 aromatic rings. The van der Waals surface area contributed by atoms with Crippen molar-refractivity contribution < 1.29 is 22.7 Å². The second-order valence-corrected chi connectivity index (χ2v) is 11.2. The maximum Gasteiger partial charge on any atom is 0.308 e. The number of esters is 1. The number of thiophene rings is 1. The molecule has 34 heavy (non-hydrogen) atoms. The Hall–Kier alpha value is -2.72. The van der Waals surface area contributed by atoms with Gasteiger partial charge in [0.25, 0.3) is 15.9 Å². The Morgan fingerprint density at radius 3 is 2.62 bits per heavy atom. The third kappa shape index (κ3) is 5.50. The number of ether oxygens (including phenoxy) is 1. The maximum absolute atomic E-state index is 13.3. The Morgan fingerprint density at radius 1 is 1.09 bits per heavy atom. The molecule has 1 atom stereocenters. The molecule has 1 aliphatic rings. The number of nitrogens with one attached hydrogen (secondary N) is 1. The van der Waals surface area contributed by atoms with Gasteiger partial charge in [-0.05, 0) is 40.6 Å². The minimum absolute atomic E-state index is 0.195. The molecule has 1 unspecified atom stereocenters. The summed E-state index contributed by atoms with van der Waals surface area (Å²) in [6.07, 6.45) is 0.357. The molecule has 2 heterocycles. The van der Waals surface area contributed by atoms with E-state index >= 15 is 0 Å². The topological polar surface area (TPSA) is 92.8 Å². The van der Waals surface area contributed by atoms with E-state index in [-0.39, 0.29) is 23.7 Å². The highest BCUT2D eigenvalue weighted by molar-refractivity contribution is 7.91. The molecule has 0 radical (unpaired) electrons. The lowest BCUT2D eigenvalue weighted by Crippen LogP contribution is -2.41. The molecule has 4 rings (SSSR count). The zero-order valence-electron chi connectivity index (χ0n) is 18.1. The number of hydrogen-bond donors (Lipinski definition) is 1. The van der Waals surface area contributed by atoms with Gasteiger partial charge >= 0.3 is 5.97 Å². The Morgan fingerprint density at radius 2 is 1.85 bits per heavy atom. The minimum atomic E-state index is -3.78. The van der Waals surface area contributed by atoms with Gasteiger partial charge in [-0.2, -0.15) is 4.31 Å². The monoisotopic (exact) mass is 518 g/mol. The smallest absolute Gasteiger partial charge is 0.308 e. The molecule has 178 valence electrons. The Labute approximate surface area is 207 Å². The van der Waals surface area contributed by atoms with E-state index < -0.39 is 34.5 Å². The van der Waals surface area contributed by atoms with Crippen LogP contribution in [0.5, 0.6) is 0 Å². The molecule has 0 fully saturated rings. The number of halogens is 1. The van der Waals surface area contributed by atoms with Crippen LogP contribution in [0.2, 0.25) is 5.02 Å². The first-order chi connectivity index (χ1) is 16.4. The quantitative estimate of drug-likeness (QED) is 0.456. The van der Waals surface area contributed by atoms with Crippen molar-refractivity contribution in [2.45, 2.75) is 29.6 Å². The van der Waals surface area contributed by atoms with Crippen LogP contribution in [0.1, 0.15) is 29.2 Å². The first-order valence-corrected chi connectivity index (χ1v) is 13.3. The molecule has 1 N–H and O–H groups in total. The third-order valence-corrected chi connectivity index (χ3v) is 9.23.